The van der Waals surface area contributed by atoms with Crippen LogP contribution in [0.1, 0.15) is 25.7 Å². The van der Waals surface area contributed by atoms with Gasteiger partial charge in [-0.15, -0.1) is 0 Å². The number of aliphatic hydroxyl groups excluding tert-OH is 17. The van der Waals surface area contributed by atoms with Crippen molar-refractivity contribution in [2.75, 3.05) is 26.4 Å². The van der Waals surface area contributed by atoms with E-state index in [2.05, 4.69) is 4.18 Å². The molecule has 16 unspecified atom stereocenters. The van der Waals surface area contributed by atoms with Gasteiger partial charge in [0.2, 0.25) is 0 Å². The second-order valence-electron chi connectivity index (χ2n) is 11.9. The van der Waals surface area contributed by atoms with Crippen LogP contribution in [0.4, 0.5) is 0 Å². The van der Waals surface area contributed by atoms with Gasteiger partial charge in [0.25, 0.3) is 0 Å². The van der Waals surface area contributed by atoms with Crippen LogP contribution in [0, 0.1) is 23.7 Å². The Bertz CT molecular complexity index is 1010. The maximum absolute atomic E-state index is 11.0. The second-order valence-corrected chi connectivity index (χ2v) is 13.0. The summed E-state index contributed by atoms with van der Waals surface area (Å²) in [6.45, 7) is -2.83. The van der Waals surface area contributed by atoms with Crippen molar-refractivity contribution in [3.8, 4) is 0 Å². The van der Waals surface area contributed by atoms with E-state index >= 15 is 0 Å². The number of hydrogen-bond donors (Lipinski definition) is 18. The molecule has 2 saturated carbocycles. The highest BCUT2D eigenvalue weighted by Gasteiger charge is 2.54. The fourth-order valence-corrected chi connectivity index (χ4v) is 6.13. The zero-order chi connectivity index (χ0) is 37.3. The summed E-state index contributed by atoms with van der Waals surface area (Å²) in [4.78, 5) is 0. The van der Waals surface area contributed by atoms with Crippen LogP contribution in [0.15, 0.2) is 0 Å². The van der Waals surface area contributed by atoms with Crippen LogP contribution in [0.5, 0.6) is 0 Å². The maximum atomic E-state index is 11.0. The van der Waals surface area contributed by atoms with Crippen LogP contribution in [-0.4, -0.2) is 212 Å². The van der Waals surface area contributed by atoms with Gasteiger partial charge in [0, 0.05) is 0 Å². The van der Waals surface area contributed by atoms with Crippen molar-refractivity contribution in [3.05, 3.63) is 11.8 Å². The van der Waals surface area contributed by atoms with Gasteiger partial charge in [0.1, 0.15) is 123 Å². The van der Waals surface area contributed by atoms with Gasteiger partial charge >= 0.3 is 10.4 Å². The maximum Gasteiger partial charge on any atom is 0.397 e. The average Bonchev–Trinajstić information content (AvgIpc) is 3.47. The summed E-state index contributed by atoms with van der Waals surface area (Å²) < 4.78 is 34.9. The van der Waals surface area contributed by atoms with Crippen LogP contribution in [0.2, 0.25) is 0 Å². The molecule has 0 heterocycles. The van der Waals surface area contributed by atoms with Crippen molar-refractivity contribution >= 4 is 10.4 Å². The van der Waals surface area contributed by atoms with E-state index in [4.69, 9.17) is 14.8 Å². The normalized spacial score (nSPS) is 31.2. The van der Waals surface area contributed by atoms with Crippen LogP contribution in [0.3, 0.4) is 0 Å². The molecule has 0 radical (unpaired) electrons. The highest BCUT2D eigenvalue weighted by Crippen LogP contribution is 2.39. The summed E-state index contributed by atoms with van der Waals surface area (Å²) in [5.74, 6) is -0.995. The molecule has 284 valence electrons. The smallest absolute Gasteiger partial charge is 0.394 e. The Morgan fingerprint density at radius 3 is 1.27 bits per heavy atom. The van der Waals surface area contributed by atoms with Crippen molar-refractivity contribution in [1.82, 2.24) is 0 Å². The zero-order valence-corrected chi connectivity index (χ0v) is 26.4. The first kappa shape index (κ1) is 45.0. The van der Waals surface area contributed by atoms with Crippen LogP contribution in [0.25, 0.3) is 0 Å². The fraction of sp³-hybridized carbons (Fsp3) is 0.923. The molecule has 22 heteroatoms. The number of aliphatic hydroxyl groups is 17. The highest BCUT2D eigenvalue weighted by molar-refractivity contribution is 7.80. The third kappa shape index (κ3) is 12.3. The summed E-state index contributed by atoms with van der Waals surface area (Å²) in [6, 6.07) is 0. The monoisotopic (exact) mass is 730 g/mol. The lowest BCUT2D eigenvalue weighted by atomic mass is 9.87. The molecular weight excluding hydrogens is 680 g/mol. The van der Waals surface area contributed by atoms with E-state index in [0.29, 0.717) is 5.92 Å². The standard InChI is InChI=1S/C13H24O12S.C13H25O9/c14-3-6-5(1-7(16)10(6)19)2-8(17)13(25-26(22,23)24)12(21)11(20)9(18)4-15;14-3-6-5(1-7(16)10(6)19)2-8(17)11(20)13(22)12(21)9(18)4-15/h6-21H,1-4H2;6-22H,1-4H2/q;+1/p+1. The molecule has 0 spiro atoms. The van der Waals surface area contributed by atoms with E-state index in [9.17, 15) is 85.0 Å². The molecule has 0 aromatic heterocycles. The lowest BCUT2D eigenvalue weighted by molar-refractivity contribution is -0.140. The first-order chi connectivity index (χ1) is 22.2. The van der Waals surface area contributed by atoms with Gasteiger partial charge < -0.3 is 86.8 Å². The van der Waals surface area contributed by atoms with E-state index < -0.39 is 141 Å². The summed E-state index contributed by atoms with van der Waals surface area (Å²) in [5.41, 5.74) is 0. The summed E-state index contributed by atoms with van der Waals surface area (Å²) in [5, 5.41) is 162. The molecule has 48 heavy (non-hydrogen) atoms. The van der Waals surface area contributed by atoms with E-state index in [1.165, 1.54) is 0 Å². The topological polar surface area (TPSA) is 408 Å². The Hall–Kier alpha value is -1.07. The number of hydrogen-bond acceptors (Lipinski definition) is 20. The second kappa shape index (κ2) is 20.1. The summed E-state index contributed by atoms with van der Waals surface area (Å²) >= 11 is 0. The first-order valence-electron chi connectivity index (χ1n) is 14.8. The molecule has 0 aromatic carbocycles. The molecule has 0 aromatic rings. The Labute approximate surface area is 275 Å². The highest BCUT2D eigenvalue weighted by atomic mass is 32.3. The van der Waals surface area contributed by atoms with E-state index in [1.807, 2.05) is 0 Å². The first-order valence-corrected chi connectivity index (χ1v) is 16.2. The van der Waals surface area contributed by atoms with Gasteiger partial charge in [-0.1, -0.05) is 0 Å². The van der Waals surface area contributed by atoms with Crippen molar-refractivity contribution in [3.63, 3.8) is 0 Å². The summed E-state index contributed by atoms with van der Waals surface area (Å²) in [7, 11) is -5.19. The molecule has 2 fully saturated rings. The predicted molar refractivity (Wildman–Crippen MR) is 155 cm³/mol. The van der Waals surface area contributed by atoms with Crippen molar-refractivity contribution in [2.45, 2.75) is 111 Å². The van der Waals surface area contributed by atoms with Crippen molar-refractivity contribution < 1.29 is 104 Å². The SMILES string of the molecule is O=S(=O)(O)OC(C(O)C[C+]1CC(O)C(O)C1CO)C(O)C(O)C(O)CO.OCC(O)C(O)C(O)C(O)C(O)C[C+]1CC(O)C(O)C1CO. The van der Waals surface area contributed by atoms with Crippen LogP contribution in [-0.2, 0) is 14.6 Å². The van der Waals surface area contributed by atoms with Gasteiger partial charge in [-0.3, -0.25) is 4.55 Å². The Kier molecular flexibility index (Phi) is 18.8. The van der Waals surface area contributed by atoms with Gasteiger partial charge in [-0.2, -0.15) is 8.42 Å². The van der Waals surface area contributed by atoms with E-state index in [1.54, 1.807) is 0 Å². The molecule has 21 nitrogen and oxygen atoms in total. The molecule has 2 aliphatic carbocycles. The van der Waals surface area contributed by atoms with Crippen LogP contribution >= 0.6 is 0 Å². The molecule has 0 aliphatic heterocycles. The predicted octanol–water partition coefficient (Wildman–Crippen LogP) is -9.21. The van der Waals surface area contributed by atoms with E-state index in [0.717, 1.165) is 0 Å². The Morgan fingerprint density at radius 2 is 0.917 bits per heavy atom. The van der Waals surface area contributed by atoms with Gasteiger partial charge in [0.05, 0.1) is 26.4 Å². The van der Waals surface area contributed by atoms with Gasteiger partial charge in [-0.05, 0) is 0 Å². The molecule has 2 aliphatic rings. The minimum absolute atomic E-state index is 0.0358. The quantitative estimate of drug-likeness (QED) is 0.0459. The lowest BCUT2D eigenvalue weighted by Gasteiger charge is -2.30. The van der Waals surface area contributed by atoms with E-state index in [-0.39, 0.29) is 25.2 Å². The molecule has 2 rings (SSSR count). The zero-order valence-electron chi connectivity index (χ0n) is 25.6. The summed E-state index contributed by atoms with van der Waals surface area (Å²) in [6.07, 6.45) is -24.6. The number of rotatable bonds is 18. The molecule has 16 atom stereocenters. The third-order valence-electron chi connectivity index (χ3n) is 8.50. The van der Waals surface area contributed by atoms with Gasteiger partial charge in [-0.25, -0.2) is 4.18 Å². The lowest BCUT2D eigenvalue weighted by Crippen LogP contribution is -2.52. The fourth-order valence-electron chi connectivity index (χ4n) is 5.60. The van der Waals surface area contributed by atoms with Gasteiger partial charge in [0.15, 0.2) is 11.8 Å². The minimum atomic E-state index is -5.19. The Morgan fingerprint density at radius 1 is 0.562 bits per heavy atom. The van der Waals surface area contributed by atoms with Crippen molar-refractivity contribution in [1.29, 1.82) is 0 Å². The molecule has 0 saturated heterocycles. The largest absolute Gasteiger partial charge is 0.397 e. The molecule has 18 N–H and O–H groups in total. The molecule has 0 bridgehead atoms. The molecular formula is C26H50O21S+2. The van der Waals surface area contributed by atoms with Crippen molar-refractivity contribution in [2.24, 2.45) is 11.8 Å². The molecule has 0 amide bonds. The third-order valence-corrected chi connectivity index (χ3v) is 8.96. The van der Waals surface area contributed by atoms with Crippen LogP contribution < -0.4 is 0 Å². The average molecular weight is 731 g/mol. The minimum Gasteiger partial charge on any atom is -0.394 e. The Balaban J connectivity index is 0.000000487.